The maximum Gasteiger partial charge on any atom is 0.244 e. The Hall–Kier alpha value is -1.50. The minimum atomic E-state index is -0.684. The van der Waals surface area contributed by atoms with Crippen LogP contribution in [0, 0.1) is 17.7 Å². The number of nitrogens with zero attached hydrogens (tertiary/aromatic N) is 2. The third-order valence-electron chi connectivity index (χ3n) is 6.60. The van der Waals surface area contributed by atoms with Gasteiger partial charge in [-0.1, -0.05) is 18.6 Å². The summed E-state index contributed by atoms with van der Waals surface area (Å²) in [5, 5.41) is 19.9. The molecule has 1 aromatic carbocycles. The molecule has 4 rings (SSSR count). The average molecular weight is 376 g/mol. The molecule has 5 atom stereocenters. The zero-order valence-corrected chi connectivity index (χ0v) is 15.6. The van der Waals surface area contributed by atoms with Crippen LogP contribution in [0.3, 0.4) is 0 Å². The topological polar surface area (TPSA) is 64.0 Å². The summed E-state index contributed by atoms with van der Waals surface area (Å²) in [7, 11) is 0. The number of fused-ring (bicyclic) bond motifs is 1. The SMILES string of the molecule is O=C(C(c1ccc(F)cc1)N1CCCCC1)N1C[C@H]2C[C@H](O)[C@H](O)C[C@H]2C1. The highest BCUT2D eigenvalue weighted by Gasteiger charge is 2.44. The van der Waals surface area contributed by atoms with Gasteiger partial charge in [0, 0.05) is 13.1 Å². The normalized spacial score (nSPS) is 32.9. The molecule has 5 nitrogen and oxygen atoms in total. The number of carbonyl (C=O) groups is 1. The third kappa shape index (κ3) is 3.89. The molecular weight excluding hydrogens is 347 g/mol. The van der Waals surface area contributed by atoms with E-state index < -0.39 is 12.2 Å². The van der Waals surface area contributed by atoms with Crippen molar-refractivity contribution in [3.63, 3.8) is 0 Å². The fraction of sp³-hybridized carbons (Fsp3) is 0.667. The van der Waals surface area contributed by atoms with Crippen LogP contribution in [0.4, 0.5) is 4.39 Å². The van der Waals surface area contributed by atoms with E-state index in [1.807, 2.05) is 4.90 Å². The van der Waals surface area contributed by atoms with Gasteiger partial charge in [0.1, 0.15) is 11.9 Å². The van der Waals surface area contributed by atoms with Crippen LogP contribution in [0.2, 0.25) is 0 Å². The number of amides is 1. The number of aliphatic hydroxyl groups is 2. The summed E-state index contributed by atoms with van der Waals surface area (Å²) in [6.07, 6.45) is 3.09. The Labute approximate surface area is 159 Å². The summed E-state index contributed by atoms with van der Waals surface area (Å²) < 4.78 is 13.4. The second-order valence-corrected chi connectivity index (χ2v) is 8.42. The molecule has 0 spiro atoms. The molecule has 0 radical (unpaired) electrons. The summed E-state index contributed by atoms with van der Waals surface area (Å²) in [6.45, 7) is 3.04. The second-order valence-electron chi connectivity index (χ2n) is 8.42. The van der Waals surface area contributed by atoms with Gasteiger partial charge >= 0.3 is 0 Å². The number of rotatable bonds is 3. The lowest BCUT2D eigenvalue weighted by atomic mass is 9.79. The zero-order chi connectivity index (χ0) is 19.0. The fourth-order valence-corrected chi connectivity index (χ4v) is 5.09. The van der Waals surface area contributed by atoms with E-state index in [0.717, 1.165) is 31.5 Å². The molecule has 3 fully saturated rings. The van der Waals surface area contributed by atoms with Crippen LogP contribution in [0.15, 0.2) is 24.3 Å². The molecule has 148 valence electrons. The van der Waals surface area contributed by atoms with Crippen LogP contribution in [0.25, 0.3) is 0 Å². The van der Waals surface area contributed by atoms with Crippen molar-refractivity contribution < 1.29 is 19.4 Å². The molecule has 3 aliphatic rings. The smallest absolute Gasteiger partial charge is 0.244 e. The van der Waals surface area contributed by atoms with Crippen molar-refractivity contribution >= 4 is 5.91 Å². The molecule has 1 aliphatic carbocycles. The van der Waals surface area contributed by atoms with Crippen molar-refractivity contribution in [1.29, 1.82) is 0 Å². The predicted octanol–water partition coefficient (Wildman–Crippen LogP) is 1.94. The van der Waals surface area contributed by atoms with Gasteiger partial charge in [-0.2, -0.15) is 0 Å². The van der Waals surface area contributed by atoms with E-state index in [0.29, 0.717) is 25.9 Å². The van der Waals surface area contributed by atoms with E-state index in [-0.39, 0.29) is 29.6 Å². The fourth-order valence-electron chi connectivity index (χ4n) is 5.09. The number of piperidine rings is 1. The lowest BCUT2D eigenvalue weighted by molar-refractivity contribution is -0.137. The van der Waals surface area contributed by atoms with Gasteiger partial charge < -0.3 is 15.1 Å². The Morgan fingerprint density at radius 1 is 0.963 bits per heavy atom. The highest BCUT2D eigenvalue weighted by atomic mass is 19.1. The van der Waals surface area contributed by atoms with Crippen LogP contribution in [0.1, 0.15) is 43.7 Å². The standard InChI is InChI=1S/C21H29FN2O3/c22-17-6-4-14(5-7-17)20(23-8-2-1-3-9-23)21(27)24-12-15-10-18(25)19(26)11-16(15)13-24/h4-7,15-16,18-20,25-26H,1-3,8-13H2/t15-,16+,18+,19-,20?. The van der Waals surface area contributed by atoms with Crippen molar-refractivity contribution in [3.05, 3.63) is 35.6 Å². The van der Waals surface area contributed by atoms with Gasteiger partial charge in [-0.3, -0.25) is 9.69 Å². The first-order valence-corrected chi connectivity index (χ1v) is 10.2. The highest BCUT2D eigenvalue weighted by molar-refractivity contribution is 5.83. The van der Waals surface area contributed by atoms with Gasteiger partial charge in [0.05, 0.1) is 12.2 Å². The molecule has 1 aromatic rings. The average Bonchev–Trinajstić information content (AvgIpc) is 3.07. The van der Waals surface area contributed by atoms with Crippen LogP contribution >= 0.6 is 0 Å². The largest absolute Gasteiger partial charge is 0.390 e. The van der Waals surface area contributed by atoms with Crippen molar-refractivity contribution in [2.45, 2.75) is 50.4 Å². The van der Waals surface area contributed by atoms with Gasteiger partial charge in [0.25, 0.3) is 0 Å². The number of hydrogen-bond acceptors (Lipinski definition) is 4. The third-order valence-corrected chi connectivity index (χ3v) is 6.60. The first-order chi connectivity index (χ1) is 13.0. The van der Waals surface area contributed by atoms with Crippen molar-refractivity contribution in [1.82, 2.24) is 9.80 Å². The van der Waals surface area contributed by atoms with Crippen LogP contribution in [-0.2, 0) is 4.79 Å². The van der Waals surface area contributed by atoms with E-state index in [4.69, 9.17) is 0 Å². The quantitative estimate of drug-likeness (QED) is 0.846. The van der Waals surface area contributed by atoms with Crippen molar-refractivity contribution in [3.8, 4) is 0 Å². The van der Waals surface area contributed by atoms with E-state index in [2.05, 4.69) is 4.90 Å². The van der Waals surface area contributed by atoms with Crippen LogP contribution in [-0.4, -0.2) is 64.3 Å². The lowest BCUT2D eigenvalue weighted by Crippen LogP contribution is -2.44. The summed E-state index contributed by atoms with van der Waals surface area (Å²) >= 11 is 0. The minimum Gasteiger partial charge on any atom is -0.390 e. The number of halogens is 1. The van der Waals surface area contributed by atoms with Crippen LogP contribution < -0.4 is 0 Å². The molecule has 2 N–H and O–H groups in total. The van der Waals surface area contributed by atoms with Crippen molar-refractivity contribution in [2.75, 3.05) is 26.2 Å². The molecule has 0 aromatic heterocycles. The van der Waals surface area contributed by atoms with E-state index in [1.54, 1.807) is 12.1 Å². The van der Waals surface area contributed by atoms with Gasteiger partial charge in [-0.05, 0) is 68.3 Å². The lowest BCUT2D eigenvalue weighted by Gasteiger charge is -2.36. The molecule has 2 aliphatic heterocycles. The van der Waals surface area contributed by atoms with Gasteiger partial charge in [0.2, 0.25) is 5.91 Å². The van der Waals surface area contributed by atoms with Crippen molar-refractivity contribution in [2.24, 2.45) is 11.8 Å². The Bertz CT molecular complexity index is 644. The summed E-state index contributed by atoms with van der Waals surface area (Å²) in [6, 6.07) is 5.93. The molecule has 1 saturated carbocycles. The Balaban J connectivity index is 1.54. The predicted molar refractivity (Wildman–Crippen MR) is 99.4 cm³/mol. The first kappa shape index (κ1) is 18.8. The number of likely N-dealkylation sites (tertiary alicyclic amines) is 2. The summed E-state index contributed by atoms with van der Waals surface area (Å²) in [4.78, 5) is 17.6. The Kier molecular flexibility index (Phi) is 5.48. The molecule has 6 heteroatoms. The van der Waals surface area contributed by atoms with E-state index in [1.165, 1.54) is 18.6 Å². The molecule has 2 heterocycles. The van der Waals surface area contributed by atoms with Gasteiger partial charge in [-0.25, -0.2) is 4.39 Å². The number of carbonyl (C=O) groups excluding carboxylic acids is 1. The molecule has 1 amide bonds. The highest BCUT2D eigenvalue weighted by Crippen LogP contribution is 2.38. The molecule has 27 heavy (non-hydrogen) atoms. The maximum absolute atomic E-state index is 13.5. The molecular formula is C21H29FN2O3. The van der Waals surface area contributed by atoms with Crippen LogP contribution in [0.5, 0.6) is 0 Å². The number of aliphatic hydroxyl groups excluding tert-OH is 2. The molecule has 1 unspecified atom stereocenters. The maximum atomic E-state index is 13.5. The number of benzene rings is 1. The van der Waals surface area contributed by atoms with E-state index in [9.17, 15) is 19.4 Å². The van der Waals surface area contributed by atoms with Gasteiger partial charge in [-0.15, -0.1) is 0 Å². The molecule has 0 bridgehead atoms. The van der Waals surface area contributed by atoms with Gasteiger partial charge in [0.15, 0.2) is 0 Å². The monoisotopic (exact) mass is 376 g/mol. The zero-order valence-electron chi connectivity index (χ0n) is 15.6. The Morgan fingerprint density at radius 2 is 1.52 bits per heavy atom. The number of hydrogen-bond donors (Lipinski definition) is 2. The minimum absolute atomic E-state index is 0.0712. The first-order valence-electron chi connectivity index (χ1n) is 10.2. The molecule has 2 saturated heterocycles. The summed E-state index contributed by atoms with van der Waals surface area (Å²) in [5.41, 5.74) is 0.846. The Morgan fingerprint density at radius 3 is 2.07 bits per heavy atom. The summed E-state index contributed by atoms with van der Waals surface area (Å²) in [5.74, 6) is 0.283. The second kappa shape index (κ2) is 7.86. The van der Waals surface area contributed by atoms with E-state index >= 15 is 0 Å².